The number of likely N-dealkylation sites (tertiary alicyclic amines) is 1. The fraction of sp³-hybridized carbons (Fsp3) is 0.455. The summed E-state index contributed by atoms with van der Waals surface area (Å²) in [5.74, 6) is -0.600. The fourth-order valence-corrected chi connectivity index (χ4v) is 3.81. The van der Waals surface area contributed by atoms with Crippen LogP contribution in [0.4, 0.5) is 0 Å². The Morgan fingerprint density at radius 2 is 2.03 bits per heavy atom. The van der Waals surface area contributed by atoms with Crippen molar-refractivity contribution < 1.29 is 14.7 Å². The molecule has 1 aliphatic heterocycles. The molecule has 29 heavy (non-hydrogen) atoms. The fourth-order valence-electron chi connectivity index (χ4n) is 3.57. The van der Waals surface area contributed by atoms with Crippen molar-refractivity contribution in [1.82, 2.24) is 10.2 Å². The Morgan fingerprint density at radius 1 is 1.31 bits per heavy atom. The van der Waals surface area contributed by atoms with Crippen LogP contribution in [-0.2, 0) is 16.1 Å². The number of aliphatic hydroxyl groups is 1. The number of aliphatic hydroxyl groups excluding tert-OH is 1. The second-order valence-corrected chi connectivity index (χ2v) is 9.16. The summed E-state index contributed by atoms with van der Waals surface area (Å²) in [6.07, 6.45) is -0.522. The van der Waals surface area contributed by atoms with Gasteiger partial charge in [-0.3, -0.25) is 9.59 Å². The topological polar surface area (TPSA) is 95.7 Å². The van der Waals surface area contributed by atoms with Gasteiger partial charge in [-0.1, -0.05) is 56.6 Å². The van der Waals surface area contributed by atoms with Crippen molar-refractivity contribution in [2.45, 2.75) is 51.9 Å². The highest BCUT2D eigenvalue weighted by Gasteiger charge is 2.42. The third kappa shape index (κ3) is 4.71. The molecule has 1 saturated heterocycles. The number of amides is 2. The number of halogens is 1. The molecule has 7 heteroatoms. The highest BCUT2D eigenvalue weighted by atomic mass is 35.5. The highest BCUT2D eigenvalue weighted by molar-refractivity contribution is 6.35. The lowest BCUT2D eigenvalue weighted by atomic mass is 9.86. The zero-order chi connectivity index (χ0) is 21.3. The van der Waals surface area contributed by atoms with Crippen molar-refractivity contribution in [2.24, 2.45) is 11.1 Å². The van der Waals surface area contributed by atoms with Crippen LogP contribution in [0, 0.1) is 5.41 Å². The van der Waals surface area contributed by atoms with Crippen LogP contribution in [0.3, 0.4) is 0 Å². The van der Waals surface area contributed by atoms with Gasteiger partial charge in [-0.15, -0.1) is 0 Å². The minimum absolute atomic E-state index is 0.120. The molecule has 0 aromatic heterocycles. The first-order valence-corrected chi connectivity index (χ1v) is 10.1. The number of hydrogen-bond donors (Lipinski definition) is 3. The van der Waals surface area contributed by atoms with Gasteiger partial charge in [-0.2, -0.15) is 0 Å². The predicted molar refractivity (Wildman–Crippen MR) is 114 cm³/mol. The number of nitrogens with two attached hydrogens (primary N) is 1. The molecule has 0 spiro atoms. The van der Waals surface area contributed by atoms with Gasteiger partial charge in [0.1, 0.15) is 6.04 Å². The predicted octanol–water partition coefficient (Wildman–Crippen LogP) is 2.44. The van der Waals surface area contributed by atoms with Crippen LogP contribution < -0.4 is 11.1 Å². The summed E-state index contributed by atoms with van der Waals surface area (Å²) in [4.78, 5) is 27.0. The van der Waals surface area contributed by atoms with Gasteiger partial charge in [-0.05, 0) is 28.5 Å². The molecule has 2 aromatic rings. The van der Waals surface area contributed by atoms with Crippen molar-refractivity contribution in [3.05, 3.63) is 47.0 Å². The second kappa shape index (κ2) is 8.30. The summed E-state index contributed by atoms with van der Waals surface area (Å²) in [7, 11) is 0. The minimum atomic E-state index is -0.742. The lowest BCUT2D eigenvalue weighted by molar-refractivity contribution is -0.141. The highest BCUT2D eigenvalue weighted by Crippen LogP contribution is 2.26. The van der Waals surface area contributed by atoms with Crippen LogP contribution in [-0.4, -0.2) is 46.6 Å². The van der Waals surface area contributed by atoms with Gasteiger partial charge in [0.15, 0.2) is 0 Å². The summed E-state index contributed by atoms with van der Waals surface area (Å²) in [6, 6.07) is 10.0. The van der Waals surface area contributed by atoms with Crippen molar-refractivity contribution in [1.29, 1.82) is 0 Å². The third-order valence-corrected chi connectivity index (χ3v) is 5.75. The largest absolute Gasteiger partial charge is 0.391 e. The summed E-state index contributed by atoms with van der Waals surface area (Å²) < 4.78 is 0. The van der Waals surface area contributed by atoms with Crippen molar-refractivity contribution >= 4 is 34.2 Å². The van der Waals surface area contributed by atoms with Crippen LogP contribution in [0.2, 0.25) is 5.02 Å². The number of hydrogen-bond acceptors (Lipinski definition) is 4. The summed E-state index contributed by atoms with van der Waals surface area (Å²) in [5.41, 5.74) is 6.59. The maximum Gasteiger partial charge on any atom is 0.243 e. The molecule has 3 atom stereocenters. The first-order chi connectivity index (χ1) is 13.6. The van der Waals surface area contributed by atoms with Gasteiger partial charge < -0.3 is 21.1 Å². The van der Waals surface area contributed by atoms with E-state index in [1.54, 1.807) is 0 Å². The van der Waals surface area contributed by atoms with Crippen LogP contribution in [0.25, 0.3) is 10.8 Å². The van der Waals surface area contributed by atoms with E-state index in [0.717, 1.165) is 16.3 Å². The van der Waals surface area contributed by atoms with Crippen molar-refractivity contribution in [2.75, 3.05) is 6.54 Å². The zero-order valence-corrected chi connectivity index (χ0v) is 17.7. The Labute approximate surface area is 176 Å². The van der Waals surface area contributed by atoms with E-state index in [0.29, 0.717) is 11.6 Å². The molecule has 4 N–H and O–H groups in total. The molecule has 1 heterocycles. The number of β-amino-alcohol motifs (C(OH)–C–C–N with tert-alkyl or cyclic N) is 1. The van der Waals surface area contributed by atoms with Crippen LogP contribution in [0.5, 0.6) is 0 Å². The normalized spacial score (nSPS) is 20.7. The van der Waals surface area contributed by atoms with E-state index in [4.69, 9.17) is 17.3 Å². The zero-order valence-electron chi connectivity index (χ0n) is 17.0. The molecular formula is C22H28ClN3O3. The summed E-state index contributed by atoms with van der Waals surface area (Å²) in [6.45, 7) is 6.08. The molecule has 6 nitrogen and oxygen atoms in total. The number of carbonyl (C=O) groups is 2. The molecule has 0 unspecified atom stereocenters. The number of nitrogens with zero attached hydrogens (tertiary/aromatic N) is 1. The van der Waals surface area contributed by atoms with Gasteiger partial charge in [-0.25, -0.2) is 0 Å². The van der Waals surface area contributed by atoms with Gasteiger partial charge in [0.2, 0.25) is 11.8 Å². The van der Waals surface area contributed by atoms with E-state index < -0.39 is 23.6 Å². The van der Waals surface area contributed by atoms with Crippen LogP contribution in [0.15, 0.2) is 36.4 Å². The average molecular weight is 418 g/mol. The third-order valence-electron chi connectivity index (χ3n) is 5.42. The van der Waals surface area contributed by atoms with E-state index in [-0.39, 0.29) is 24.8 Å². The Hall–Kier alpha value is -2.15. The Bertz CT molecular complexity index is 925. The minimum Gasteiger partial charge on any atom is -0.391 e. The molecular weight excluding hydrogens is 390 g/mol. The number of carbonyl (C=O) groups excluding carboxylic acids is 2. The molecule has 0 saturated carbocycles. The maximum atomic E-state index is 12.8. The van der Waals surface area contributed by atoms with Crippen LogP contribution in [0.1, 0.15) is 32.8 Å². The van der Waals surface area contributed by atoms with E-state index in [9.17, 15) is 14.7 Å². The smallest absolute Gasteiger partial charge is 0.243 e. The molecule has 1 aliphatic rings. The van der Waals surface area contributed by atoms with Gasteiger partial charge >= 0.3 is 0 Å². The standard InChI is InChI=1S/C22H28ClN3O3/c1-22(2,3)19(24)21(29)26-12-15(27)10-18(26)20(28)25-11-13-7-8-16-14(9-13)5-4-6-17(16)23/h4-9,15,18-19,27H,10-12,24H2,1-3H3,(H,25,28)/t15-,18+,19-/m1/s1. The lowest BCUT2D eigenvalue weighted by Gasteiger charge is -2.32. The first-order valence-electron chi connectivity index (χ1n) is 9.77. The maximum absolute atomic E-state index is 12.8. The number of nitrogens with one attached hydrogen (secondary N) is 1. The number of benzene rings is 2. The van der Waals surface area contributed by atoms with Crippen LogP contribution >= 0.6 is 11.6 Å². The molecule has 3 rings (SSSR count). The molecule has 0 aliphatic carbocycles. The van der Waals surface area contributed by atoms with E-state index in [2.05, 4.69) is 5.32 Å². The molecule has 2 amide bonds. The van der Waals surface area contributed by atoms with E-state index in [1.165, 1.54) is 4.90 Å². The van der Waals surface area contributed by atoms with Crippen molar-refractivity contribution in [3.8, 4) is 0 Å². The molecule has 2 aromatic carbocycles. The second-order valence-electron chi connectivity index (χ2n) is 8.75. The quantitative estimate of drug-likeness (QED) is 0.711. The van der Waals surface area contributed by atoms with E-state index >= 15 is 0 Å². The van der Waals surface area contributed by atoms with Gasteiger partial charge in [0, 0.05) is 29.9 Å². The number of rotatable bonds is 4. The molecule has 156 valence electrons. The molecule has 1 fully saturated rings. The average Bonchev–Trinajstić information content (AvgIpc) is 3.06. The monoisotopic (exact) mass is 417 g/mol. The molecule has 0 bridgehead atoms. The van der Waals surface area contributed by atoms with E-state index in [1.807, 2.05) is 57.2 Å². The first kappa shape index (κ1) is 21.6. The molecule has 0 radical (unpaired) electrons. The summed E-state index contributed by atoms with van der Waals surface area (Å²) >= 11 is 6.20. The SMILES string of the molecule is CC(C)(C)[C@H](N)C(=O)N1C[C@H](O)C[C@H]1C(=O)NCc1ccc2c(Cl)cccc2c1. The number of fused-ring (bicyclic) bond motifs is 1. The lowest BCUT2D eigenvalue weighted by Crippen LogP contribution is -2.54. The Morgan fingerprint density at radius 3 is 2.72 bits per heavy atom. The summed E-state index contributed by atoms with van der Waals surface area (Å²) in [5, 5.41) is 15.6. The van der Waals surface area contributed by atoms with Gasteiger partial charge in [0.05, 0.1) is 12.1 Å². The van der Waals surface area contributed by atoms with Gasteiger partial charge in [0.25, 0.3) is 0 Å². The Balaban J connectivity index is 1.69. The Kier molecular flexibility index (Phi) is 6.17. The van der Waals surface area contributed by atoms with Crippen molar-refractivity contribution in [3.63, 3.8) is 0 Å².